The van der Waals surface area contributed by atoms with Crippen LogP contribution < -0.4 is 9.46 Å². The van der Waals surface area contributed by atoms with Crippen LogP contribution in [0.15, 0.2) is 41.8 Å². The summed E-state index contributed by atoms with van der Waals surface area (Å²) in [6, 6.07) is 11.6. The molecular weight excluding hydrogens is 344 g/mol. The normalized spacial score (nSPS) is 16.2. The monoisotopic (exact) mass is 366 g/mol. The number of hydrogen-bond acceptors (Lipinski definition) is 4. The number of thiophene rings is 1. The third-order valence-corrected chi connectivity index (χ3v) is 6.48. The van der Waals surface area contributed by atoms with Crippen LogP contribution in [-0.4, -0.2) is 25.8 Å². The Morgan fingerprint density at radius 1 is 1.12 bits per heavy atom. The average Bonchev–Trinajstić information content (AvgIpc) is 3.08. The molecule has 1 aromatic heterocycles. The van der Waals surface area contributed by atoms with Crippen molar-refractivity contribution in [1.82, 2.24) is 9.03 Å². The summed E-state index contributed by atoms with van der Waals surface area (Å²) in [7, 11) is -3.37. The van der Waals surface area contributed by atoms with Crippen molar-refractivity contribution in [2.45, 2.75) is 32.4 Å². The molecule has 1 fully saturated rings. The molecule has 0 radical (unpaired) electrons. The molecule has 1 saturated heterocycles. The molecule has 1 aromatic carbocycles. The summed E-state index contributed by atoms with van der Waals surface area (Å²) in [6.07, 6.45) is 3.00. The van der Waals surface area contributed by atoms with Crippen LogP contribution in [0.25, 0.3) is 0 Å². The first kappa shape index (κ1) is 17.4. The zero-order valence-electron chi connectivity index (χ0n) is 13.5. The summed E-state index contributed by atoms with van der Waals surface area (Å²) in [5.41, 5.74) is 1.05. The largest absolute Gasteiger partial charge is 0.489 e. The van der Waals surface area contributed by atoms with Crippen LogP contribution in [0.2, 0.25) is 0 Å². The van der Waals surface area contributed by atoms with Gasteiger partial charge >= 0.3 is 0 Å². The van der Waals surface area contributed by atoms with Gasteiger partial charge in [-0.2, -0.15) is 17.4 Å². The standard InChI is InChI=1S/C17H22N2O3S2/c20-24(21,19-9-5-2-6-10-19)18-12-17-11-15(14-23-17)13-22-16-7-3-1-4-8-16/h1,3-4,7-8,11,14,18H,2,5-6,9-10,12-13H2. The topological polar surface area (TPSA) is 58.6 Å². The molecule has 1 N–H and O–H groups in total. The van der Waals surface area contributed by atoms with Crippen LogP contribution in [0, 0.1) is 0 Å². The number of para-hydroxylation sites is 1. The molecule has 0 aliphatic carbocycles. The lowest BCUT2D eigenvalue weighted by molar-refractivity contribution is 0.306. The van der Waals surface area contributed by atoms with Gasteiger partial charge in [0.1, 0.15) is 12.4 Å². The molecular formula is C17H22N2O3S2. The Labute approximate surface area is 147 Å². The van der Waals surface area contributed by atoms with Crippen molar-refractivity contribution >= 4 is 21.5 Å². The second-order valence-corrected chi connectivity index (χ2v) is 8.56. The Balaban J connectivity index is 1.50. The van der Waals surface area contributed by atoms with E-state index in [4.69, 9.17) is 4.74 Å². The maximum Gasteiger partial charge on any atom is 0.279 e. The summed E-state index contributed by atoms with van der Waals surface area (Å²) >= 11 is 1.55. The molecule has 0 amide bonds. The number of nitrogens with zero attached hydrogens (tertiary/aromatic N) is 1. The molecule has 0 atom stereocenters. The third kappa shape index (κ3) is 4.80. The van der Waals surface area contributed by atoms with Crippen molar-refractivity contribution in [3.8, 4) is 5.75 Å². The first-order chi connectivity index (χ1) is 11.6. The van der Waals surface area contributed by atoms with Gasteiger partial charge in [-0.3, -0.25) is 0 Å². The Kier molecular flexibility index (Phi) is 5.89. The molecule has 0 saturated carbocycles. The van der Waals surface area contributed by atoms with Crippen LogP contribution in [0.5, 0.6) is 5.75 Å². The molecule has 1 aliphatic heterocycles. The van der Waals surface area contributed by atoms with E-state index in [1.54, 1.807) is 15.6 Å². The van der Waals surface area contributed by atoms with Crippen LogP contribution in [0.4, 0.5) is 0 Å². The minimum absolute atomic E-state index is 0.328. The van der Waals surface area contributed by atoms with Crippen molar-refractivity contribution in [1.29, 1.82) is 0 Å². The number of hydrogen-bond donors (Lipinski definition) is 1. The average molecular weight is 367 g/mol. The Bertz CT molecular complexity index is 738. The molecule has 0 unspecified atom stereocenters. The van der Waals surface area contributed by atoms with Gasteiger partial charge in [0.15, 0.2) is 0 Å². The molecule has 2 aromatic rings. The predicted molar refractivity (Wildman–Crippen MR) is 96.3 cm³/mol. The van der Waals surface area contributed by atoms with Crippen molar-refractivity contribution in [3.63, 3.8) is 0 Å². The van der Waals surface area contributed by atoms with E-state index >= 15 is 0 Å². The van der Waals surface area contributed by atoms with Gasteiger partial charge in [-0.15, -0.1) is 11.3 Å². The van der Waals surface area contributed by atoms with E-state index in [0.29, 0.717) is 26.2 Å². The lowest BCUT2D eigenvalue weighted by Gasteiger charge is -2.25. The first-order valence-electron chi connectivity index (χ1n) is 8.12. The highest BCUT2D eigenvalue weighted by atomic mass is 32.2. The fourth-order valence-corrected chi connectivity index (χ4v) is 4.80. The van der Waals surface area contributed by atoms with E-state index in [2.05, 4.69) is 4.72 Å². The summed E-state index contributed by atoms with van der Waals surface area (Å²) < 4.78 is 34.5. The zero-order chi connectivity index (χ0) is 16.8. The van der Waals surface area contributed by atoms with Crippen molar-refractivity contribution in [2.24, 2.45) is 0 Å². The van der Waals surface area contributed by atoms with Gasteiger partial charge in [-0.25, -0.2) is 0 Å². The second-order valence-electron chi connectivity index (χ2n) is 5.81. The van der Waals surface area contributed by atoms with E-state index in [0.717, 1.165) is 35.5 Å². The lowest BCUT2D eigenvalue weighted by atomic mass is 10.2. The smallest absolute Gasteiger partial charge is 0.279 e. The van der Waals surface area contributed by atoms with Gasteiger partial charge in [0.2, 0.25) is 0 Å². The minimum Gasteiger partial charge on any atom is -0.489 e. The molecule has 0 spiro atoms. The molecule has 130 valence electrons. The van der Waals surface area contributed by atoms with Gasteiger partial charge < -0.3 is 4.74 Å². The van der Waals surface area contributed by atoms with Crippen LogP contribution in [0.3, 0.4) is 0 Å². The predicted octanol–water partition coefficient (Wildman–Crippen LogP) is 3.15. The maximum absolute atomic E-state index is 12.3. The van der Waals surface area contributed by atoms with Crippen molar-refractivity contribution < 1.29 is 13.2 Å². The number of benzene rings is 1. The van der Waals surface area contributed by atoms with Gasteiger partial charge in [-0.1, -0.05) is 24.6 Å². The van der Waals surface area contributed by atoms with Crippen LogP contribution in [-0.2, 0) is 23.4 Å². The number of rotatable bonds is 7. The zero-order valence-corrected chi connectivity index (χ0v) is 15.1. The molecule has 2 heterocycles. The number of nitrogens with one attached hydrogen (secondary N) is 1. The summed E-state index contributed by atoms with van der Waals surface area (Å²) in [6.45, 7) is 2.06. The number of ether oxygens (including phenoxy) is 1. The fraction of sp³-hybridized carbons (Fsp3) is 0.412. The molecule has 5 nitrogen and oxygen atoms in total. The van der Waals surface area contributed by atoms with E-state index < -0.39 is 10.2 Å². The highest BCUT2D eigenvalue weighted by Crippen LogP contribution is 2.18. The quantitative estimate of drug-likeness (QED) is 0.819. The van der Waals surface area contributed by atoms with E-state index in [1.807, 2.05) is 41.8 Å². The molecule has 7 heteroatoms. The Hall–Kier alpha value is -1.41. The SMILES string of the molecule is O=S(=O)(NCc1cc(COc2ccccc2)cs1)N1CCCCC1. The highest BCUT2D eigenvalue weighted by Gasteiger charge is 2.23. The first-order valence-corrected chi connectivity index (χ1v) is 10.4. The summed E-state index contributed by atoms with van der Waals surface area (Å²) in [5, 5.41) is 2.01. The van der Waals surface area contributed by atoms with Crippen LogP contribution >= 0.6 is 11.3 Å². The van der Waals surface area contributed by atoms with Crippen LogP contribution in [0.1, 0.15) is 29.7 Å². The van der Waals surface area contributed by atoms with E-state index in [-0.39, 0.29) is 0 Å². The van der Waals surface area contributed by atoms with Crippen molar-refractivity contribution in [3.05, 3.63) is 52.2 Å². The lowest BCUT2D eigenvalue weighted by Crippen LogP contribution is -2.43. The number of piperidine rings is 1. The van der Waals surface area contributed by atoms with E-state index in [9.17, 15) is 8.42 Å². The van der Waals surface area contributed by atoms with Crippen molar-refractivity contribution in [2.75, 3.05) is 13.1 Å². The molecule has 0 bridgehead atoms. The maximum atomic E-state index is 12.3. The van der Waals surface area contributed by atoms with Gasteiger partial charge in [0, 0.05) is 30.1 Å². The molecule has 1 aliphatic rings. The third-order valence-electron chi connectivity index (χ3n) is 3.94. The van der Waals surface area contributed by atoms with Gasteiger partial charge in [-0.05, 0) is 36.4 Å². The Morgan fingerprint density at radius 2 is 1.88 bits per heavy atom. The van der Waals surface area contributed by atoms with Gasteiger partial charge in [0.05, 0.1) is 0 Å². The summed E-state index contributed by atoms with van der Waals surface area (Å²) in [4.78, 5) is 0.988. The second kappa shape index (κ2) is 8.11. The fourth-order valence-electron chi connectivity index (χ4n) is 2.64. The minimum atomic E-state index is -3.37. The van der Waals surface area contributed by atoms with Gasteiger partial charge in [0.25, 0.3) is 10.2 Å². The summed E-state index contributed by atoms with van der Waals surface area (Å²) in [5.74, 6) is 0.830. The van der Waals surface area contributed by atoms with E-state index in [1.165, 1.54) is 0 Å². The highest BCUT2D eigenvalue weighted by molar-refractivity contribution is 7.87. The molecule has 3 rings (SSSR count). The molecule has 24 heavy (non-hydrogen) atoms. The Morgan fingerprint density at radius 3 is 2.62 bits per heavy atom.